The highest BCUT2D eigenvalue weighted by molar-refractivity contribution is 9.10. The van der Waals surface area contributed by atoms with Gasteiger partial charge in [-0.15, -0.1) is 0 Å². The van der Waals surface area contributed by atoms with Crippen LogP contribution in [0.4, 0.5) is 5.69 Å². The first-order valence-electron chi connectivity index (χ1n) is 6.66. The van der Waals surface area contributed by atoms with Crippen molar-refractivity contribution in [2.45, 2.75) is 19.3 Å². The minimum Gasteiger partial charge on any atom is -0.465 e. The molecule has 1 heterocycles. The van der Waals surface area contributed by atoms with Gasteiger partial charge in [0.05, 0.1) is 28.7 Å². The number of pyridine rings is 1. The molecular weight excluding hydrogens is 366 g/mol. The third-order valence-electron chi connectivity index (χ3n) is 3.41. The molecule has 1 unspecified atom stereocenters. The zero-order chi connectivity index (χ0) is 17.2. The minimum absolute atomic E-state index is 0.0187. The highest BCUT2D eigenvalue weighted by Crippen LogP contribution is 2.38. The van der Waals surface area contributed by atoms with Crippen LogP contribution in [0.1, 0.15) is 19.4 Å². The third kappa shape index (κ3) is 2.87. The number of carbonyl (C=O) groups is 1. The number of benzene rings is 1. The summed E-state index contributed by atoms with van der Waals surface area (Å²) in [5.74, 6) is -0.835. The Bertz CT molecular complexity index is 846. The molecular formula is C15H12BrN3O4. The van der Waals surface area contributed by atoms with E-state index in [0.717, 1.165) is 6.20 Å². The number of hydrogen-bond acceptors (Lipinski definition) is 6. The highest BCUT2D eigenvalue weighted by atomic mass is 79.9. The number of halogens is 1. The Morgan fingerprint density at radius 1 is 1.57 bits per heavy atom. The molecule has 0 fully saturated rings. The molecule has 1 aromatic carbocycles. The van der Waals surface area contributed by atoms with Crippen LogP contribution in [0, 0.1) is 21.4 Å². The summed E-state index contributed by atoms with van der Waals surface area (Å²) in [5, 5.41) is 21.3. The number of rotatable bonds is 4. The minimum atomic E-state index is -1.82. The Morgan fingerprint density at radius 3 is 2.83 bits per heavy atom. The average molecular weight is 378 g/mol. The molecule has 7 nitrogen and oxygen atoms in total. The van der Waals surface area contributed by atoms with E-state index in [9.17, 15) is 20.2 Å². The number of nitro groups is 1. The molecule has 0 aliphatic rings. The second-order valence-corrected chi connectivity index (χ2v) is 5.81. The van der Waals surface area contributed by atoms with Crippen LogP contribution in [-0.4, -0.2) is 22.5 Å². The van der Waals surface area contributed by atoms with Gasteiger partial charge in [0.15, 0.2) is 5.41 Å². The van der Waals surface area contributed by atoms with Gasteiger partial charge in [0.1, 0.15) is 6.20 Å². The third-order valence-corrected chi connectivity index (χ3v) is 3.91. The summed E-state index contributed by atoms with van der Waals surface area (Å²) in [6.07, 6.45) is 1.06. The Hall–Kier alpha value is -2.53. The van der Waals surface area contributed by atoms with Gasteiger partial charge in [-0.05, 0) is 32.0 Å². The fourth-order valence-electron chi connectivity index (χ4n) is 2.30. The van der Waals surface area contributed by atoms with Gasteiger partial charge in [0.2, 0.25) is 0 Å². The summed E-state index contributed by atoms with van der Waals surface area (Å²) in [4.78, 5) is 27.1. The number of ether oxygens (including phenoxy) is 1. The normalized spacial score (nSPS) is 13.1. The number of fused-ring (bicyclic) bond motifs is 1. The summed E-state index contributed by atoms with van der Waals surface area (Å²) in [6, 6.07) is 6.83. The lowest BCUT2D eigenvalue weighted by molar-refractivity contribution is -0.386. The maximum atomic E-state index is 12.3. The van der Waals surface area contributed by atoms with Crippen molar-refractivity contribution >= 4 is 38.5 Å². The molecule has 0 N–H and O–H groups in total. The molecule has 118 valence electrons. The molecule has 0 spiro atoms. The van der Waals surface area contributed by atoms with E-state index in [1.54, 1.807) is 25.1 Å². The molecule has 1 atom stereocenters. The highest BCUT2D eigenvalue weighted by Gasteiger charge is 2.44. The van der Waals surface area contributed by atoms with E-state index < -0.39 is 22.0 Å². The van der Waals surface area contributed by atoms with Crippen LogP contribution in [-0.2, 0) is 14.9 Å². The van der Waals surface area contributed by atoms with Gasteiger partial charge < -0.3 is 4.74 Å². The van der Waals surface area contributed by atoms with Crippen molar-refractivity contribution in [3.05, 3.63) is 44.5 Å². The number of nitriles is 1. The monoisotopic (exact) mass is 377 g/mol. The predicted octanol–water partition coefficient (Wildman–Crippen LogP) is 3.25. The van der Waals surface area contributed by atoms with Crippen LogP contribution < -0.4 is 0 Å². The van der Waals surface area contributed by atoms with E-state index in [1.807, 2.05) is 6.07 Å². The summed E-state index contributed by atoms with van der Waals surface area (Å²) < 4.78 is 5.60. The van der Waals surface area contributed by atoms with Gasteiger partial charge >= 0.3 is 5.97 Å². The maximum absolute atomic E-state index is 12.3. The molecule has 23 heavy (non-hydrogen) atoms. The predicted molar refractivity (Wildman–Crippen MR) is 85.7 cm³/mol. The van der Waals surface area contributed by atoms with Crippen LogP contribution in [0.15, 0.2) is 28.9 Å². The lowest BCUT2D eigenvalue weighted by Gasteiger charge is -2.21. The molecule has 0 amide bonds. The van der Waals surface area contributed by atoms with Crippen LogP contribution >= 0.6 is 15.9 Å². The van der Waals surface area contributed by atoms with Gasteiger partial charge in [-0.1, -0.05) is 15.9 Å². The zero-order valence-corrected chi connectivity index (χ0v) is 14.0. The fraction of sp³-hybridized carbons (Fsp3) is 0.267. The molecule has 0 saturated heterocycles. The van der Waals surface area contributed by atoms with Crippen LogP contribution in [0.2, 0.25) is 0 Å². The average Bonchev–Trinajstić information content (AvgIpc) is 2.52. The maximum Gasteiger partial charge on any atom is 0.331 e. The summed E-state index contributed by atoms with van der Waals surface area (Å²) >= 11 is 3.29. The number of hydrogen-bond donors (Lipinski definition) is 0. The Labute approximate surface area is 140 Å². The molecule has 0 saturated carbocycles. The van der Waals surface area contributed by atoms with Crippen LogP contribution in [0.25, 0.3) is 10.9 Å². The second-order valence-electron chi connectivity index (χ2n) is 4.89. The molecule has 8 heteroatoms. The molecule has 0 aliphatic heterocycles. The Morgan fingerprint density at radius 2 is 2.26 bits per heavy atom. The molecule has 0 aliphatic carbocycles. The summed E-state index contributed by atoms with van der Waals surface area (Å²) in [7, 11) is 0. The largest absolute Gasteiger partial charge is 0.465 e. The molecule has 0 radical (unpaired) electrons. The Balaban J connectivity index is 2.91. The standard InChI is InChI=1S/C15H12BrN3O4/c1-3-23-14(20)15(2,8-17)13-10-6-9(16)4-5-11(10)18-7-12(13)19(21)22/h4-7H,3H2,1-2H3. The lowest BCUT2D eigenvalue weighted by atomic mass is 9.81. The van der Waals surface area contributed by atoms with Gasteiger partial charge in [-0.25, -0.2) is 9.78 Å². The van der Waals surface area contributed by atoms with Crippen molar-refractivity contribution < 1.29 is 14.5 Å². The molecule has 2 rings (SSSR count). The summed E-state index contributed by atoms with van der Waals surface area (Å²) in [6.45, 7) is 2.98. The van der Waals surface area contributed by atoms with E-state index >= 15 is 0 Å². The topological polar surface area (TPSA) is 106 Å². The number of aromatic nitrogens is 1. The quantitative estimate of drug-likeness (QED) is 0.459. The van der Waals surface area contributed by atoms with Gasteiger partial charge in [0, 0.05) is 9.86 Å². The zero-order valence-electron chi connectivity index (χ0n) is 12.4. The van der Waals surface area contributed by atoms with Crippen LogP contribution in [0.5, 0.6) is 0 Å². The van der Waals surface area contributed by atoms with Crippen molar-refractivity contribution in [2.24, 2.45) is 0 Å². The molecule has 0 bridgehead atoms. The van der Waals surface area contributed by atoms with E-state index in [4.69, 9.17) is 4.74 Å². The van der Waals surface area contributed by atoms with Crippen molar-refractivity contribution in [3.63, 3.8) is 0 Å². The number of nitrogens with zero attached hydrogens (tertiary/aromatic N) is 3. The van der Waals surface area contributed by atoms with E-state index in [1.165, 1.54) is 6.92 Å². The first-order valence-corrected chi connectivity index (χ1v) is 7.46. The van der Waals surface area contributed by atoms with E-state index in [0.29, 0.717) is 15.4 Å². The SMILES string of the molecule is CCOC(=O)C(C)(C#N)c1c([N+](=O)[O-])cnc2ccc(Br)cc12. The molecule has 2 aromatic rings. The second kappa shape index (κ2) is 6.30. The van der Waals surface area contributed by atoms with Crippen molar-refractivity contribution in [1.29, 1.82) is 5.26 Å². The van der Waals surface area contributed by atoms with Gasteiger partial charge in [-0.2, -0.15) is 5.26 Å². The number of carbonyl (C=O) groups excluding carboxylic acids is 1. The van der Waals surface area contributed by atoms with Crippen molar-refractivity contribution in [2.75, 3.05) is 6.61 Å². The lowest BCUT2D eigenvalue weighted by Crippen LogP contribution is -2.34. The first kappa shape index (κ1) is 16.8. The smallest absolute Gasteiger partial charge is 0.331 e. The van der Waals surface area contributed by atoms with E-state index in [2.05, 4.69) is 20.9 Å². The van der Waals surface area contributed by atoms with Crippen molar-refractivity contribution in [1.82, 2.24) is 4.98 Å². The van der Waals surface area contributed by atoms with Gasteiger partial charge in [0.25, 0.3) is 5.69 Å². The summed E-state index contributed by atoms with van der Waals surface area (Å²) in [5.41, 5.74) is -1.79. The molecule has 1 aromatic heterocycles. The van der Waals surface area contributed by atoms with Crippen molar-refractivity contribution in [3.8, 4) is 6.07 Å². The number of esters is 1. The fourth-order valence-corrected chi connectivity index (χ4v) is 2.66. The van der Waals surface area contributed by atoms with Gasteiger partial charge in [-0.3, -0.25) is 10.1 Å². The van der Waals surface area contributed by atoms with E-state index in [-0.39, 0.29) is 12.2 Å². The Kier molecular flexibility index (Phi) is 4.61. The van der Waals surface area contributed by atoms with Crippen LogP contribution in [0.3, 0.4) is 0 Å². The first-order chi connectivity index (χ1) is 10.8.